The van der Waals surface area contributed by atoms with E-state index >= 15 is 0 Å². The van der Waals surface area contributed by atoms with Crippen LogP contribution in [-0.2, 0) is 4.79 Å². The lowest BCUT2D eigenvalue weighted by Crippen LogP contribution is -2.38. The van der Waals surface area contributed by atoms with Gasteiger partial charge in [0.1, 0.15) is 17.4 Å². The number of halogens is 3. The highest BCUT2D eigenvalue weighted by atomic mass is 35.5. The summed E-state index contributed by atoms with van der Waals surface area (Å²) in [7, 11) is 0. The van der Waals surface area contributed by atoms with Crippen molar-refractivity contribution in [3.63, 3.8) is 0 Å². The van der Waals surface area contributed by atoms with Crippen LogP contribution >= 0.6 is 11.6 Å². The van der Waals surface area contributed by atoms with Crippen molar-refractivity contribution in [2.24, 2.45) is 0 Å². The average molecular weight is 340 g/mol. The Kier molecular flexibility index (Phi) is 5.55. The molecule has 0 saturated heterocycles. The van der Waals surface area contributed by atoms with Crippen molar-refractivity contribution in [3.05, 3.63) is 64.7 Å². The normalized spacial score (nSPS) is 13.3. The summed E-state index contributed by atoms with van der Waals surface area (Å²) >= 11 is 5.78. The summed E-state index contributed by atoms with van der Waals surface area (Å²) in [5.74, 6) is -1.28. The molecule has 1 amide bonds. The van der Waals surface area contributed by atoms with Crippen molar-refractivity contribution in [1.82, 2.24) is 5.32 Å². The highest BCUT2D eigenvalue weighted by Gasteiger charge is 2.19. The van der Waals surface area contributed by atoms with Crippen LogP contribution in [0.5, 0.6) is 5.75 Å². The molecule has 1 N–H and O–H groups in total. The van der Waals surface area contributed by atoms with E-state index in [9.17, 15) is 13.6 Å². The standard InChI is InChI=1S/C17H16ClF2NO2/c1-10(15-8-5-13(19)9-16(15)20)21-17(22)11(2)23-14-6-3-12(18)4-7-14/h3-11H,1-2H3,(H,21,22)/t10-,11-/m1/s1. The second-order valence-electron chi connectivity index (χ2n) is 5.11. The zero-order valence-corrected chi connectivity index (χ0v) is 13.4. The fourth-order valence-electron chi connectivity index (χ4n) is 2.03. The van der Waals surface area contributed by atoms with E-state index < -0.39 is 29.7 Å². The molecule has 3 nitrogen and oxygen atoms in total. The van der Waals surface area contributed by atoms with Gasteiger partial charge >= 0.3 is 0 Å². The average Bonchev–Trinajstić information content (AvgIpc) is 2.49. The van der Waals surface area contributed by atoms with Crippen LogP contribution in [0.1, 0.15) is 25.5 Å². The molecule has 2 atom stereocenters. The second kappa shape index (κ2) is 7.42. The summed E-state index contributed by atoms with van der Waals surface area (Å²) in [6, 6.07) is 9.22. The molecule has 122 valence electrons. The number of benzene rings is 2. The van der Waals surface area contributed by atoms with Gasteiger partial charge in [-0.1, -0.05) is 17.7 Å². The van der Waals surface area contributed by atoms with Gasteiger partial charge < -0.3 is 10.1 Å². The Balaban J connectivity index is 1.98. The molecule has 0 spiro atoms. The molecular formula is C17H16ClF2NO2. The van der Waals surface area contributed by atoms with Crippen LogP contribution in [0.25, 0.3) is 0 Å². The van der Waals surface area contributed by atoms with Gasteiger partial charge in [-0.2, -0.15) is 0 Å². The number of carbonyl (C=O) groups is 1. The van der Waals surface area contributed by atoms with Crippen LogP contribution in [0.3, 0.4) is 0 Å². The molecule has 0 unspecified atom stereocenters. The van der Waals surface area contributed by atoms with Crippen LogP contribution in [-0.4, -0.2) is 12.0 Å². The number of ether oxygens (including phenoxy) is 1. The van der Waals surface area contributed by atoms with Crippen LogP contribution < -0.4 is 10.1 Å². The minimum atomic E-state index is -0.776. The molecule has 2 aromatic carbocycles. The summed E-state index contributed by atoms with van der Waals surface area (Å²) in [6.07, 6.45) is -0.776. The van der Waals surface area contributed by atoms with E-state index in [-0.39, 0.29) is 5.56 Å². The van der Waals surface area contributed by atoms with Gasteiger partial charge in [0.05, 0.1) is 6.04 Å². The van der Waals surface area contributed by atoms with E-state index in [1.54, 1.807) is 38.1 Å². The topological polar surface area (TPSA) is 38.3 Å². The zero-order chi connectivity index (χ0) is 17.0. The van der Waals surface area contributed by atoms with Crippen molar-refractivity contribution in [3.8, 4) is 5.75 Å². The molecule has 0 fully saturated rings. The molecule has 0 saturated carbocycles. The van der Waals surface area contributed by atoms with Gasteiger partial charge in [0.25, 0.3) is 5.91 Å². The maximum Gasteiger partial charge on any atom is 0.261 e. The number of nitrogens with one attached hydrogen (secondary N) is 1. The number of amides is 1. The third-order valence-corrected chi connectivity index (χ3v) is 3.54. The number of carbonyl (C=O) groups excluding carboxylic acids is 1. The van der Waals surface area contributed by atoms with Crippen molar-refractivity contribution < 1.29 is 18.3 Å². The molecular weight excluding hydrogens is 324 g/mol. The van der Waals surface area contributed by atoms with Crippen LogP contribution in [0, 0.1) is 11.6 Å². The first-order chi connectivity index (χ1) is 10.9. The van der Waals surface area contributed by atoms with Gasteiger partial charge in [-0.3, -0.25) is 4.79 Å². The molecule has 0 aliphatic carbocycles. The molecule has 0 bridgehead atoms. The number of hydrogen-bond acceptors (Lipinski definition) is 2. The minimum Gasteiger partial charge on any atom is -0.481 e. The van der Waals surface area contributed by atoms with Gasteiger partial charge in [-0.15, -0.1) is 0 Å². The van der Waals surface area contributed by atoms with E-state index in [0.717, 1.165) is 12.1 Å². The first-order valence-corrected chi connectivity index (χ1v) is 7.42. The van der Waals surface area contributed by atoms with Crippen molar-refractivity contribution in [1.29, 1.82) is 0 Å². The van der Waals surface area contributed by atoms with Gasteiger partial charge in [0, 0.05) is 16.7 Å². The molecule has 0 radical (unpaired) electrons. The molecule has 0 aromatic heterocycles. The third-order valence-electron chi connectivity index (χ3n) is 3.28. The fraction of sp³-hybridized carbons (Fsp3) is 0.235. The predicted octanol–water partition coefficient (Wildman–Crippen LogP) is 4.26. The smallest absolute Gasteiger partial charge is 0.261 e. The molecule has 0 heterocycles. The SMILES string of the molecule is C[C@@H](Oc1ccc(Cl)cc1)C(=O)N[C@H](C)c1ccc(F)cc1F. The molecule has 23 heavy (non-hydrogen) atoms. The van der Waals surface area contributed by atoms with E-state index in [1.165, 1.54) is 6.07 Å². The number of hydrogen-bond donors (Lipinski definition) is 1. The molecule has 0 aliphatic rings. The summed E-state index contributed by atoms with van der Waals surface area (Å²) in [5.41, 5.74) is 0.207. The zero-order valence-electron chi connectivity index (χ0n) is 12.6. The highest BCUT2D eigenvalue weighted by molar-refractivity contribution is 6.30. The Labute approximate surface area is 138 Å². The second-order valence-corrected chi connectivity index (χ2v) is 5.55. The predicted molar refractivity (Wildman–Crippen MR) is 84.5 cm³/mol. The third kappa shape index (κ3) is 4.66. The van der Waals surface area contributed by atoms with Gasteiger partial charge in [0.2, 0.25) is 0 Å². The van der Waals surface area contributed by atoms with Crippen LogP contribution in [0.2, 0.25) is 5.02 Å². The monoisotopic (exact) mass is 339 g/mol. The van der Waals surface area contributed by atoms with Gasteiger partial charge in [-0.05, 0) is 44.2 Å². The lowest BCUT2D eigenvalue weighted by Gasteiger charge is -2.19. The van der Waals surface area contributed by atoms with E-state index in [4.69, 9.17) is 16.3 Å². The Hall–Kier alpha value is -2.14. The Morgan fingerprint density at radius 3 is 2.39 bits per heavy atom. The van der Waals surface area contributed by atoms with Crippen LogP contribution in [0.15, 0.2) is 42.5 Å². The largest absolute Gasteiger partial charge is 0.481 e. The number of rotatable bonds is 5. The first kappa shape index (κ1) is 17.2. The van der Waals surface area contributed by atoms with E-state index in [0.29, 0.717) is 10.8 Å². The summed E-state index contributed by atoms with van der Waals surface area (Å²) in [4.78, 5) is 12.1. The fourth-order valence-corrected chi connectivity index (χ4v) is 2.16. The lowest BCUT2D eigenvalue weighted by molar-refractivity contribution is -0.127. The maximum atomic E-state index is 13.7. The Morgan fingerprint density at radius 2 is 1.78 bits per heavy atom. The van der Waals surface area contributed by atoms with Crippen molar-refractivity contribution in [2.75, 3.05) is 0 Å². The van der Waals surface area contributed by atoms with Crippen molar-refractivity contribution in [2.45, 2.75) is 26.0 Å². The minimum absolute atomic E-state index is 0.207. The van der Waals surface area contributed by atoms with E-state index in [2.05, 4.69) is 5.32 Å². The lowest BCUT2D eigenvalue weighted by atomic mass is 10.1. The summed E-state index contributed by atoms with van der Waals surface area (Å²) < 4.78 is 32.1. The van der Waals surface area contributed by atoms with Crippen molar-refractivity contribution >= 4 is 17.5 Å². The first-order valence-electron chi connectivity index (χ1n) is 7.04. The maximum absolute atomic E-state index is 13.7. The quantitative estimate of drug-likeness (QED) is 0.883. The Bertz CT molecular complexity index is 691. The molecule has 0 aliphatic heterocycles. The molecule has 2 aromatic rings. The highest BCUT2D eigenvalue weighted by Crippen LogP contribution is 2.19. The Morgan fingerprint density at radius 1 is 1.13 bits per heavy atom. The summed E-state index contributed by atoms with van der Waals surface area (Å²) in [6.45, 7) is 3.20. The van der Waals surface area contributed by atoms with E-state index in [1.807, 2.05) is 0 Å². The van der Waals surface area contributed by atoms with Gasteiger partial charge in [-0.25, -0.2) is 8.78 Å². The molecule has 2 rings (SSSR count). The van der Waals surface area contributed by atoms with Crippen LogP contribution in [0.4, 0.5) is 8.78 Å². The summed E-state index contributed by atoms with van der Waals surface area (Å²) in [5, 5.41) is 3.20. The van der Waals surface area contributed by atoms with Gasteiger partial charge in [0.15, 0.2) is 6.10 Å². The molecule has 6 heteroatoms.